The molecule has 0 spiro atoms. The van der Waals surface area contributed by atoms with Crippen molar-refractivity contribution in [1.82, 2.24) is 0 Å². The topological polar surface area (TPSA) is 17.1 Å². The van der Waals surface area contributed by atoms with Gasteiger partial charge >= 0.3 is 0 Å². The average molecular weight is 243 g/mol. The predicted octanol–water partition coefficient (Wildman–Crippen LogP) is 4.06. The first-order valence-corrected chi connectivity index (χ1v) is 6.01. The second-order valence-corrected chi connectivity index (χ2v) is 4.76. The van der Waals surface area contributed by atoms with Crippen molar-refractivity contribution >= 4 is 17.4 Å². The predicted molar refractivity (Wildman–Crippen MR) is 68.7 cm³/mol. The van der Waals surface area contributed by atoms with Gasteiger partial charge in [0.05, 0.1) is 0 Å². The zero-order valence-corrected chi connectivity index (χ0v) is 9.95. The normalized spacial score (nSPS) is 18.2. The van der Waals surface area contributed by atoms with Crippen LogP contribution in [0, 0.1) is 0 Å². The van der Waals surface area contributed by atoms with Gasteiger partial charge in [0.2, 0.25) is 0 Å². The lowest BCUT2D eigenvalue weighted by Gasteiger charge is -2.10. The summed E-state index contributed by atoms with van der Waals surface area (Å²) in [5.41, 5.74) is 3.17. The van der Waals surface area contributed by atoms with Gasteiger partial charge in [-0.3, -0.25) is 4.79 Å². The third-order valence-corrected chi connectivity index (χ3v) is 3.55. The lowest BCUT2D eigenvalue weighted by atomic mass is 9.93. The number of fused-ring (bicyclic) bond motifs is 1. The van der Waals surface area contributed by atoms with E-state index in [9.17, 15) is 4.79 Å². The number of carbonyl (C=O) groups excluding carboxylic acids is 1. The van der Waals surface area contributed by atoms with E-state index in [1.807, 2.05) is 48.5 Å². The zero-order valence-electron chi connectivity index (χ0n) is 9.19. The molecule has 0 N–H and O–H groups in total. The molecule has 0 unspecified atom stereocenters. The minimum atomic E-state index is 0.191. The Labute approximate surface area is 105 Å². The molecular formula is C15H11ClO. The Hall–Kier alpha value is -1.60. The lowest BCUT2D eigenvalue weighted by molar-refractivity contribution is 0.0991. The van der Waals surface area contributed by atoms with Crippen molar-refractivity contribution in [2.24, 2.45) is 0 Å². The molecule has 0 bridgehead atoms. The van der Waals surface area contributed by atoms with E-state index in [4.69, 9.17) is 11.6 Å². The van der Waals surface area contributed by atoms with Gasteiger partial charge < -0.3 is 0 Å². The van der Waals surface area contributed by atoms with Gasteiger partial charge in [0.1, 0.15) is 0 Å². The molecule has 2 heteroatoms. The smallest absolute Gasteiger partial charge is 0.164 e. The maximum Gasteiger partial charge on any atom is 0.164 e. The second-order valence-electron chi connectivity index (χ2n) is 4.32. The quantitative estimate of drug-likeness (QED) is 0.737. The molecule has 0 amide bonds. The summed E-state index contributed by atoms with van der Waals surface area (Å²) in [5, 5.41) is 0.728. The molecule has 1 nitrogen and oxygen atoms in total. The highest BCUT2D eigenvalue weighted by atomic mass is 35.5. The van der Waals surface area contributed by atoms with Gasteiger partial charge in [-0.1, -0.05) is 48.0 Å². The van der Waals surface area contributed by atoms with Crippen LogP contribution >= 0.6 is 11.6 Å². The van der Waals surface area contributed by atoms with E-state index in [1.165, 1.54) is 0 Å². The Bertz CT molecular complexity index is 572. The molecule has 0 aliphatic heterocycles. The Morgan fingerprint density at radius 1 is 1.00 bits per heavy atom. The van der Waals surface area contributed by atoms with Gasteiger partial charge in [-0.25, -0.2) is 0 Å². The largest absolute Gasteiger partial charge is 0.294 e. The standard InChI is InChI=1S/C15H11ClO/c16-11-7-5-10(6-8-11)14-9-15(17)13-4-2-1-3-12(13)14/h1-8,14H,9H2/t14-/m0/s1. The van der Waals surface area contributed by atoms with Crippen molar-refractivity contribution in [2.75, 3.05) is 0 Å². The van der Waals surface area contributed by atoms with E-state index in [0.29, 0.717) is 6.42 Å². The van der Waals surface area contributed by atoms with Crippen molar-refractivity contribution in [2.45, 2.75) is 12.3 Å². The lowest BCUT2D eigenvalue weighted by Crippen LogP contribution is -1.96. The van der Waals surface area contributed by atoms with E-state index in [0.717, 1.165) is 21.7 Å². The van der Waals surface area contributed by atoms with Crippen molar-refractivity contribution < 1.29 is 4.79 Å². The highest BCUT2D eigenvalue weighted by Gasteiger charge is 2.29. The van der Waals surface area contributed by atoms with Gasteiger partial charge in [-0.05, 0) is 23.3 Å². The van der Waals surface area contributed by atoms with E-state index >= 15 is 0 Å². The van der Waals surface area contributed by atoms with Crippen LogP contribution in [0.15, 0.2) is 48.5 Å². The summed E-state index contributed by atoms with van der Waals surface area (Å²) >= 11 is 5.88. The maximum absolute atomic E-state index is 11.9. The van der Waals surface area contributed by atoms with Crippen molar-refractivity contribution in [1.29, 1.82) is 0 Å². The van der Waals surface area contributed by atoms with Crippen molar-refractivity contribution in [3.8, 4) is 0 Å². The fraction of sp³-hybridized carbons (Fsp3) is 0.133. The molecule has 0 heterocycles. The maximum atomic E-state index is 11.9. The van der Waals surface area contributed by atoms with Gasteiger partial charge in [0, 0.05) is 22.9 Å². The monoisotopic (exact) mass is 242 g/mol. The average Bonchev–Trinajstić information content (AvgIpc) is 2.69. The summed E-state index contributed by atoms with van der Waals surface area (Å²) in [6.07, 6.45) is 0.570. The number of rotatable bonds is 1. The number of Topliss-reactive ketones (excluding diaryl/α,β-unsaturated/α-hetero) is 1. The Balaban J connectivity index is 2.07. The molecule has 84 valence electrons. The Kier molecular flexibility index (Phi) is 2.49. The fourth-order valence-corrected chi connectivity index (χ4v) is 2.58. The minimum Gasteiger partial charge on any atom is -0.294 e. The zero-order chi connectivity index (χ0) is 11.8. The minimum absolute atomic E-state index is 0.191. The number of hydrogen-bond acceptors (Lipinski definition) is 1. The summed E-state index contributed by atoms with van der Waals surface area (Å²) in [4.78, 5) is 11.9. The molecule has 0 fully saturated rings. The summed E-state index contributed by atoms with van der Waals surface area (Å²) in [6.45, 7) is 0. The molecule has 1 aliphatic carbocycles. The molecule has 17 heavy (non-hydrogen) atoms. The number of carbonyl (C=O) groups is 1. The highest BCUT2D eigenvalue weighted by molar-refractivity contribution is 6.30. The van der Waals surface area contributed by atoms with Crippen LogP contribution in [0.1, 0.15) is 33.8 Å². The highest BCUT2D eigenvalue weighted by Crippen LogP contribution is 2.37. The molecule has 3 rings (SSSR count). The van der Waals surface area contributed by atoms with Crippen LogP contribution in [0.25, 0.3) is 0 Å². The Morgan fingerprint density at radius 2 is 1.71 bits per heavy atom. The van der Waals surface area contributed by atoms with Crippen LogP contribution in [0.5, 0.6) is 0 Å². The van der Waals surface area contributed by atoms with E-state index in [2.05, 4.69) is 0 Å². The fourth-order valence-electron chi connectivity index (χ4n) is 2.45. The van der Waals surface area contributed by atoms with Crippen LogP contribution in [0.2, 0.25) is 5.02 Å². The van der Waals surface area contributed by atoms with E-state index in [-0.39, 0.29) is 11.7 Å². The molecule has 0 saturated heterocycles. The summed E-state index contributed by atoms with van der Waals surface area (Å²) in [6, 6.07) is 15.6. The number of benzene rings is 2. The van der Waals surface area contributed by atoms with Crippen LogP contribution in [0.4, 0.5) is 0 Å². The van der Waals surface area contributed by atoms with Gasteiger partial charge in [-0.2, -0.15) is 0 Å². The first-order chi connectivity index (χ1) is 8.25. The summed E-state index contributed by atoms with van der Waals surface area (Å²) < 4.78 is 0. The molecule has 1 atom stereocenters. The SMILES string of the molecule is O=C1C[C@@H](c2ccc(Cl)cc2)c2ccccc21. The summed E-state index contributed by atoms with van der Waals surface area (Å²) in [7, 11) is 0. The molecule has 0 aromatic heterocycles. The van der Waals surface area contributed by atoms with E-state index < -0.39 is 0 Å². The summed E-state index contributed by atoms with van der Waals surface area (Å²) in [5.74, 6) is 0.427. The Morgan fingerprint density at radius 3 is 2.47 bits per heavy atom. The molecule has 2 aromatic carbocycles. The van der Waals surface area contributed by atoms with Gasteiger partial charge in [-0.15, -0.1) is 0 Å². The molecule has 0 saturated carbocycles. The van der Waals surface area contributed by atoms with Gasteiger partial charge in [0.15, 0.2) is 5.78 Å². The van der Waals surface area contributed by atoms with Crippen LogP contribution in [-0.4, -0.2) is 5.78 Å². The number of ketones is 1. The molecule has 0 radical (unpaired) electrons. The number of hydrogen-bond donors (Lipinski definition) is 0. The third kappa shape index (κ3) is 1.77. The molecule has 2 aromatic rings. The van der Waals surface area contributed by atoms with E-state index in [1.54, 1.807) is 0 Å². The molecular weight excluding hydrogens is 232 g/mol. The van der Waals surface area contributed by atoms with Gasteiger partial charge in [0.25, 0.3) is 0 Å². The van der Waals surface area contributed by atoms with Crippen LogP contribution < -0.4 is 0 Å². The first-order valence-electron chi connectivity index (χ1n) is 5.63. The third-order valence-electron chi connectivity index (χ3n) is 3.30. The number of halogens is 1. The first kappa shape index (κ1) is 10.5. The van der Waals surface area contributed by atoms with Crippen LogP contribution in [-0.2, 0) is 0 Å². The second kappa shape index (κ2) is 4.01. The van der Waals surface area contributed by atoms with Crippen molar-refractivity contribution in [3.63, 3.8) is 0 Å². The van der Waals surface area contributed by atoms with Crippen LogP contribution in [0.3, 0.4) is 0 Å². The molecule has 1 aliphatic rings. The van der Waals surface area contributed by atoms with Crippen molar-refractivity contribution in [3.05, 3.63) is 70.2 Å².